The van der Waals surface area contributed by atoms with Crippen LogP contribution >= 0.6 is 23.5 Å². The van der Waals surface area contributed by atoms with Crippen molar-refractivity contribution in [3.8, 4) is 0 Å². The fraction of sp³-hybridized carbons (Fsp3) is 0.737. The summed E-state index contributed by atoms with van der Waals surface area (Å²) in [6.07, 6.45) is 3.50. The number of hydrogen-bond acceptors (Lipinski definition) is 8. The minimum atomic E-state index is -1.44. The number of aliphatic carboxylic acids is 2. The van der Waals surface area contributed by atoms with Crippen LogP contribution in [0.15, 0.2) is 0 Å². The van der Waals surface area contributed by atoms with Crippen LogP contribution in [0.2, 0.25) is 0 Å². The van der Waals surface area contributed by atoms with Crippen LogP contribution in [-0.4, -0.2) is 88.1 Å². The largest absolute Gasteiger partial charge is 0.481 e. The molecule has 184 valence electrons. The van der Waals surface area contributed by atoms with Crippen LogP contribution in [-0.2, 0) is 24.0 Å². The predicted molar refractivity (Wildman–Crippen MR) is 124 cm³/mol. The van der Waals surface area contributed by atoms with Gasteiger partial charge < -0.3 is 31.9 Å². The second kappa shape index (κ2) is 15.8. The predicted octanol–water partition coefficient (Wildman–Crippen LogP) is -0.510. The Morgan fingerprint density at radius 1 is 0.812 bits per heavy atom. The highest BCUT2D eigenvalue weighted by molar-refractivity contribution is 7.98. The SMILES string of the molecule is CSCCC(N)C(=O)NC(CC(=O)O)C(=O)NC(C(=O)NC(CCSC)C(=O)O)C(C)C. The third kappa shape index (κ3) is 11.6. The molecule has 11 nitrogen and oxygen atoms in total. The number of amides is 3. The van der Waals surface area contributed by atoms with Gasteiger partial charge in [-0.1, -0.05) is 13.8 Å². The first-order valence-electron chi connectivity index (χ1n) is 10.0. The molecule has 0 aliphatic heterocycles. The minimum absolute atomic E-state index is 0.201. The van der Waals surface area contributed by atoms with Gasteiger partial charge in [0, 0.05) is 0 Å². The van der Waals surface area contributed by atoms with Gasteiger partial charge in [-0.15, -0.1) is 0 Å². The summed E-state index contributed by atoms with van der Waals surface area (Å²) in [5.74, 6) is -4.08. The zero-order valence-corrected chi connectivity index (χ0v) is 20.4. The lowest BCUT2D eigenvalue weighted by Gasteiger charge is -2.26. The molecule has 13 heteroatoms. The molecule has 0 fully saturated rings. The van der Waals surface area contributed by atoms with Crippen molar-refractivity contribution in [2.75, 3.05) is 24.0 Å². The van der Waals surface area contributed by atoms with Crippen molar-refractivity contribution in [3.05, 3.63) is 0 Å². The van der Waals surface area contributed by atoms with E-state index in [4.69, 9.17) is 10.8 Å². The monoisotopic (exact) mass is 494 g/mol. The molecule has 3 amide bonds. The number of carboxylic acid groups (broad SMARTS) is 2. The van der Waals surface area contributed by atoms with E-state index in [9.17, 15) is 29.1 Å². The molecule has 0 aromatic rings. The fourth-order valence-corrected chi connectivity index (χ4v) is 3.54. The molecule has 4 unspecified atom stereocenters. The molecule has 0 aliphatic carbocycles. The van der Waals surface area contributed by atoms with Crippen molar-refractivity contribution in [3.63, 3.8) is 0 Å². The van der Waals surface area contributed by atoms with Crippen molar-refractivity contribution in [1.29, 1.82) is 0 Å². The lowest BCUT2D eigenvalue weighted by molar-refractivity contribution is -0.143. The van der Waals surface area contributed by atoms with Crippen LogP contribution in [0.4, 0.5) is 0 Å². The number of carbonyl (C=O) groups is 5. The zero-order chi connectivity index (χ0) is 24.8. The van der Waals surface area contributed by atoms with Gasteiger partial charge in [0.15, 0.2) is 0 Å². The third-order valence-corrected chi connectivity index (χ3v) is 5.74. The normalized spacial score (nSPS) is 14.7. The molecule has 0 radical (unpaired) electrons. The number of carbonyl (C=O) groups excluding carboxylic acids is 3. The van der Waals surface area contributed by atoms with Gasteiger partial charge in [0.2, 0.25) is 17.7 Å². The molecule has 4 atom stereocenters. The number of carboxylic acids is 2. The first-order chi connectivity index (χ1) is 14.9. The van der Waals surface area contributed by atoms with Crippen molar-refractivity contribution >= 4 is 53.2 Å². The molecule has 0 bridgehead atoms. The maximum atomic E-state index is 12.7. The summed E-state index contributed by atoms with van der Waals surface area (Å²) >= 11 is 2.92. The second-order valence-corrected chi connectivity index (χ2v) is 9.43. The highest BCUT2D eigenvalue weighted by Crippen LogP contribution is 2.07. The van der Waals surface area contributed by atoms with E-state index in [1.807, 2.05) is 12.5 Å². The van der Waals surface area contributed by atoms with Crippen LogP contribution < -0.4 is 21.7 Å². The van der Waals surface area contributed by atoms with Crippen LogP contribution in [0, 0.1) is 5.92 Å². The maximum Gasteiger partial charge on any atom is 0.326 e. The van der Waals surface area contributed by atoms with Crippen LogP contribution in [0.5, 0.6) is 0 Å². The number of rotatable bonds is 16. The molecule has 0 aliphatic rings. The molecule has 0 aromatic heterocycles. The maximum absolute atomic E-state index is 12.7. The molecule has 0 spiro atoms. The van der Waals surface area contributed by atoms with Crippen LogP contribution in [0.25, 0.3) is 0 Å². The average Bonchev–Trinajstić information content (AvgIpc) is 2.71. The summed E-state index contributed by atoms with van der Waals surface area (Å²) in [7, 11) is 0. The molecular weight excluding hydrogens is 460 g/mol. The first-order valence-corrected chi connectivity index (χ1v) is 12.8. The standard InChI is InChI=1S/C19H34N4O7S2/c1-10(2)15(18(28)21-12(19(29)30)6-8-32-4)23-17(27)13(9-14(24)25)22-16(26)11(20)5-7-31-3/h10-13,15H,5-9,20H2,1-4H3,(H,21,28)(H,22,26)(H,23,27)(H,24,25)(H,29,30). The van der Waals surface area contributed by atoms with Crippen molar-refractivity contribution in [1.82, 2.24) is 16.0 Å². The molecule has 32 heavy (non-hydrogen) atoms. The van der Waals surface area contributed by atoms with Gasteiger partial charge >= 0.3 is 11.9 Å². The van der Waals surface area contributed by atoms with Gasteiger partial charge in [0.25, 0.3) is 0 Å². The zero-order valence-electron chi connectivity index (χ0n) is 18.8. The van der Waals surface area contributed by atoms with E-state index in [1.54, 1.807) is 13.8 Å². The van der Waals surface area contributed by atoms with E-state index in [2.05, 4.69) is 16.0 Å². The van der Waals surface area contributed by atoms with Crippen LogP contribution in [0.3, 0.4) is 0 Å². The second-order valence-electron chi connectivity index (χ2n) is 7.46. The van der Waals surface area contributed by atoms with E-state index >= 15 is 0 Å². The smallest absolute Gasteiger partial charge is 0.326 e. The van der Waals surface area contributed by atoms with E-state index < -0.39 is 66.2 Å². The summed E-state index contributed by atoms with van der Waals surface area (Å²) in [6.45, 7) is 3.29. The highest BCUT2D eigenvalue weighted by atomic mass is 32.2. The number of thioether (sulfide) groups is 2. The van der Waals surface area contributed by atoms with Gasteiger partial charge in [0.1, 0.15) is 18.1 Å². The Kier molecular flexibility index (Phi) is 14.8. The van der Waals surface area contributed by atoms with Crippen molar-refractivity contribution in [2.45, 2.75) is 57.3 Å². The van der Waals surface area contributed by atoms with E-state index in [1.165, 1.54) is 23.5 Å². The molecule has 0 saturated heterocycles. The summed E-state index contributed by atoms with van der Waals surface area (Å²) < 4.78 is 0. The molecule has 0 aromatic carbocycles. The van der Waals surface area contributed by atoms with Gasteiger partial charge in [-0.3, -0.25) is 19.2 Å². The van der Waals surface area contributed by atoms with Crippen molar-refractivity contribution < 1.29 is 34.2 Å². The average molecular weight is 495 g/mol. The molecular formula is C19H34N4O7S2. The summed E-state index contributed by atoms with van der Waals surface area (Å²) in [4.78, 5) is 60.3. The van der Waals surface area contributed by atoms with E-state index in [0.717, 1.165) is 0 Å². The quantitative estimate of drug-likeness (QED) is 0.163. The van der Waals surface area contributed by atoms with E-state index in [-0.39, 0.29) is 6.42 Å². The molecule has 0 heterocycles. The Balaban J connectivity index is 5.35. The Hall–Kier alpha value is -1.99. The van der Waals surface area contributed by atoms with E-state index in [0.29, 0.717) is 17.9 Å². The van der Waals surface area contributed by atoms with Gasteiger partial charge in [-0.05, 0) is 42.8 Å². The minimum Gasteiger partial charge on any atom is -0.481 e. The first kappa shape index (κ1) is 30.0. The number of nitrogens with one attached hydrogen (secondary N) is 3. The fourth-order valence-electron chi connectivity index (χ4n) is 2.58. The molecule has 0 saturated carbocycles. The lowest BCUT2D eigenvalue weighted by atomic mass is 10.0. The third-order valence-electron chi connectivity index (χ3n) is 4.45. The highest BCUT2D eigenvalue weighted by Gasteiger charge is 2.32. The topological polar surface area (TPSA) is 188 Å². The summed E-state index contributed by atoms with van der Waals surface area (Å²) in [6, 6.07) is -4.61. The van der Waals surface area contributed by atoms with Gasteiger partial charge in [-0.25, -0.2) is 4.79 Å². The number of hydrogen-bond donors (Lipinski definition) is 6. The Morgan fingerprint density at radius 2 is 1.34 bits per heavy atom. The lowest BCUT2D eigenvalue weighted by Crippen LogP contribution is -2.58. The Labute approximate surface area is 196 Å². The summed E-state index contributed by atoms with van der Waals surface area (Å²) in [5, 5.41) is 25.6. The summed E-state index contributed by atoms with van der Waals surface area (Å²) in [5.41, 5.74) is 5.78. The molecule has 0 rings (SSSR count). The van der Waals surface area contributed by atoms with Gasteiger partial charge in [0.05, 0.1) is 12.5 Å². The molecule has 7 N–H and O–H groups in total. The number of nitrogens with two attached hydrogens (primary N) is 1. The Morgan fingerprint density at radius 3 is 1.81 bits per heavy atom. The Bertz CT molecular complexity index is 664. The van der Waals surface area contributed by atoms with Crippen molar-refractivity contribution in [2.24, 2.45) is 11.7 Å². The van der Waals surface area contributed by atoms with Crippen LogP contribution in [0.1, 0.15) is 33.1 Å². The van der Waals surface area contributed by atoms with Gasteiger partial charge in [-0.2, -0.15) is 23.5 Å².